The van der Waals surface area contributed by atoms with Gasteiger partial charge in [-0.15, -0.1) is 0 Å². The molecule has 0 fully saturated rings. The van der Waals surface area contributed by atoms with E-state index in [9.17, 15) is 23.2 Å². The summed E-state index contributed by atoms with van der Waals surface area (Å²) in [6.45, 7) is -0.700. The summed E-state index contributed by atoms with van der Waals surface area (Å²) in [6, 6.07) is 10.4. The number of carbonyl (C=O) groups is 3. The molecule has 0 aliphatic heterocycles. The average Bonchev–Trinajstić information content (AvgIpc) is 3.23. The molecule has 0 aliphatic carbocycles. The van der Waals surface area contributed by atoms with Crippen LogP contribution in [0, 0.1) is 11.6 Å². The summed E-state index contributed by atoms with van der Waals surface area (Å²) in [5, 5.41) is 0. The minimum absolute atomic E-state index is 0.0323. The van der Waals surface area contributed by atoms with Gasteiger partial charge in [-0.05, 0) is 48.5 Å². The van der Waals surface area contributed by atoms with Crippen LogP contribution in [0.5, 0.6) is 0 Å². The molecule has 0 unspecified atom stereocenters. The highest BCUT2D eigenvalue weighted by Gasteiger charge is 2.21. The zero-order valence-corrected chi connectivity index (χ0v) is 16.2. The molecule has 2 aromatic carbocycles. The van der Waals surface area contributed by atoms with E-state index in [4.69, 9.17) is 10.5 Å². The van der Waals surface area contributed by atoms with Gasteiger partial charge in [-0.2, -0.15) is 0 Å². The molecule has 3 aromatic rings. The highest BCUT2D eigenvalue weighted by molar-refractivity contribution is 5.97. The predicted molar refractivity (Wildman–Crippen MR) is 106 cm³/mol. The first-order chi connectivity index (χ1) is 14.8. The third kappa shape index (κ3) is 5.50. The van der Waals surface area contributed by atoms with Crippen LogP contribution in [0.3, 0.4) is 0 Å². The lowest BCUT2D eigenvalue weighted by molar-refractivity contribution is -0.121. The number of ether oxygens (including phenoxy) is 1. The maximum atomic E-state index is 13.2. The number of rotatable bonds is 8. The lowest BCUT2D eigenvalue weighted by Gasteiger charge is -2.22. The van der Waals surface area contributed by atoms with Gasteiger partial charge in [0.1, 0.15) is 11.6 Å². The fourth-order valence-corrected chi connectivity index (χ4v) is 2.77. The van der Waals surface area contributed by atoms with Crippen LogP contribution in [0.2, 0.25) is 0 Å². The van der Waals surface area contributed by atoms with Crippen LogP contribution in [-0.4, -0.2) is 40.5 Å². The Hall–Kier alpha value is -4.08. The zero-order chi connectivity index (χ0) is 22.4. The summed E-state index contributed by atoms with van der Waals surface area (Å²) in [7, 11) is 0. The molecule has 0 saturated carbocycles. The van der Waals surface area contributed by atoms with Crippen LogP contribution in [0.4, 0.5) is 14.5 Å². The Labute approximate surface area is 175 Å². The second-order valence-electron chi connectivity index (χ2n) is 6.44. The fourth-order valence-electron chi connectivity index (χ4n) is 2.77. The maximum absolute atomic E-state index is 13.2. The number of hydrogen-bond donors (Lipinski definition) is 1. The molecule has 0 spiro atoms. The molecule has 0 bridgehead atoms. The van der Waals surface area contributed by atoms with E-state index in [1.54, 1.807) is 0 Å². The van der Waals surface area contributed by atoms with Crippen LogP contribution in [0.15, 0.2) is 61.1 Å². The monoisotopic (exact) mass is 428 g/mol. The van der Waals surface area contributed by atoms with Crippen molar-refractivity contribution in [2.45, 2.75) is 6.42 Å². The number of esters is 1. The molecule has 31 heavy (non-hydrogen) atoms. The summed E-state index contributed by atoms with van der Waals surface area (Å²) in [6.07, 6.45) is 2.47. The third-order valence-corrected chi connectivity index (χ3v) is 4.30. The molecular formula is C21H18F2N4O4. The second-order valence-corrected chi connectivity index (χ2v) is 6.44. The van der Waals surface area contributed by atoms with Crippen LogP contribution in [0.25, 0.3) is 5.69 Å². The standard InChI is InChI=1S/C21H18F2N4O4/c22-14-1-5-16(6-2-14)26(10-9-19(24)28)20(29)12-31-21(30)18-11-25-13-27(18)17-7-3-15(23)4-8-17/h1-8,11,13H,9-10,12H2,(H2,24,28). The van der Waals surface area contributed by atoms with Crippen molar-refractivity contribution >= 4 is 23.5 Å². The number of benzene rings is 2. The molecule has 1 heterocycles. The zero-order valence-electron chi connectivity index (χ0n) is 16.2. The summed E-state index contributed by atoms with van der Waals surface area (Å²) in [4.78, 5) is 41.3. The summed E-state index contributed by atoms with van der Waals surface area (Å²) < 4.78 is 32.8. The molecule has 2 N–H and O–H groups in total. The molecule has 3 rings (SSSR count). The van der Waals surface area contributed by atoms with Crippen molar-refractivity contribution in [3.8, 4) is 5.69 Å². The van der Waals surface area contributed by atoms with Crippen LogP contribution < -0.4 is 10.6 Å². The van der Waals surface area contributed by atoms with Crippen LogP contribution in [0.1, 0.15) is 16.9 Å². The molecule has 8 nitrogen and oxygen atoms in total. The van der Waals surface area contributed by atoms with E-state index < -0.39 is 36.0 Å². The number of anilines is 1. The Morgan fingerprint density at radius 3 is 2.23 bits per heavy atom. The number of nitrogens with two attached hydrogens (primary N) is 1. The smallest absolute Gasteiger partial charge is 0.357 e. The van der Waals surface area contributed by atoms with Crippen molar-refractivity contribution in [1.82, 2.24) is 9.55 Å². The number of carbonyl (C=O) groups excluding carboxylic acids is 3. The predicted octanol–water partition coefficient (Wildman–Crippen LogP) is 2.22. The fraction of sp³-hybridized carbons (Fsp3) is 0.143. The normalized spacial score (nSPS) is 10.5. The van der Waals surface area contributed by atoms with Gasteiger partial charge in [0.25, 0.3) is 5.91 Å². The molecular weight excluding hydrogens is 410 g/mol. The molecule has 1 aromatic heterocycles. The van der Waals surface area contributed by atoms with E-state index in [2.05, 4.69) is 4.98 Å². The van der Waals surface area contributed by atoms with E-state index in [-0.39, 0.29) is 18.7 Å². The lowest BCUT2D eigenvalue weighted by Crippen LogP contribution is -2.37. The Morgan fingerprint density at radius 2 is 1.61 bits per heavy atom. The quantitative estimate of drug-likeness (QED) is 0.554. The van der Waals surface area contributed by atoms with E-state index in [0.29, 0.717) is 11.4 Å². The Balaban J connectivity index is 1.71. The van der Waals surface area contributed by atoms with Gasteiger partial charge in [0.05, 0.1) is 12.5 Å². The van der Waals surface area contributed by atoms with Gasteiger partial charge in [-0.1, -0.05) is 0 Å². The number of aromatic nitrogens is 2. The van der Waals surface area contributed by atoms with Crippen LogP contribution in [-0.2, 0) is 14.3 Å². The summed E-state index contributed by atoms with van der Waals surface area (Å²) in [5.41, 5.74) is 5.99. The van der Waals surface area contributed by atoms with Gasteiger partial charge < -0.3 is 15.4 Å². The van der Waals surface area contributed by atoms with E-state index in [1.807, 2.05) is 0 Å². The number of imidazole rings is 1. The van der Waals surface area contributed by atoms with Crippen molar-refractivity contribution in [3.63, 3.8) is 0 Å². The van der Waals surface area contributed by atoms with E-state index >= 15 is 0 Å². The van der Waals surface area contributed by atoms with Crippen molar-refractivity contribution in [3.05, 3.63) is 78.4 Å². The minimum atomic E-state index is -0.830. The topological polar surface area (TPSA) is 108 Å². The summed E-state index contributed by atoms with van der Waals surface area (Å²) >= 11 is 0. The van der Waals surface area contributed by atoms with Crippen molar-refractivity contribution in [2.75, 3.05) is 18.1 Å². The van der Waals surface area contributed by atoms with Crippen LogP contribution >= 0.6 is 0 Å². The minimum Gasteiger partial charge on any atom is -0.451 e. The van der Waals surface area contributed by atoms with Gasteiger partial charge in [0.2, 0.25) is 5.91 Å². The average molecular weight is 428 g/mol. The van der Waals surface area contributed by atoms with E-state index in [0.717, 1.165) is 12.1 Å². The number of primary amides is 1. The van der Waals surface area contributed by atoms with Gasteiger partial charge >= 0.3 is 5.97 Å². The first kappa shape index (κ1) is 21.6. The number of amides is 2. The van der Waals surface area contributed by atoms with Gasteiger partial charge in [-0.25, -0.2) is 18.6 Å². The Morgan fingerprint density at radius 1 is 1.00 bits per heavy atom. The number of halogens is 2. The lowest BCUT2D eigenvalue weighted by atomic mass is 10.2. The largest absolute Gasteiger partial charge is 0.451 e. The molecule has 10 heteroatoms. The van der Waals surface area contributed by atoms with Crippen molar-refractivity contribution in [1.29, 1.82) is 0 Å². The Bertz CT molecular complexity index is 1080. The highest BCUT2D eigenvalue weighted by atomic mass is 19.1. The molecule has 2 amide bonds. The molecule has 0 aliphatic rings. The van der Waals surface area contributed by atoms with Gasteiger partial charge in [-0.3, -0.25) is 14.2 Å². The number of hydrogen-bond acceptors (Lipinski definition) is 5. The molecule has 160 valence electrons. The van der Waals surface area contributed by atoms with Crippen molar-refractivity contribution < 1.29 is 27.9 Å². The maximum Gasteiger partial charge on any atom is 0.357 e. The molecule has 0 radical (unpaired) electrons. The number of nitrogens with zero attached hydrogens (tertiary/aromatic N) is 3. The molecule has 0 saturated heterocycles. The van der Waals surface area contributed by atoms with E-state index in [1.165, 1.54) is 58.4 Å². The summed E-state index contributed by atoms with van der Waals surface area (Å²) in [5.74, 6) is -3.01. The highest BCUT2D eigenvalue weighted by Crippen LogP contribution is 2.17. The molecule has 0 atom stereocenters. The first-order valence-electron chi connectivity index (χ1n) is 9.15. The van der Waals surface area contributed by atoms with Gasteiger partial charge in [0, 0.05) is 24.3 Å². The van der Waals surface area contributed by atoms with Crippen molar-refractivity contribution in [2.24, 2.45) is 5.73 Å². The first-order valence-corrected chi connectivity index (χ1v) is 9.15. The third-order valence-electron chi connectivity index (χ3n) is 4.30. The second kappa shape index (κ2) is 9.61. The van der Waals surface area contributed by atoms with Gasteiger partial charge in [0.15, 0.2) is 12.3 Å². The SMILES string of the molecule is NC(=O)CCN(C(=O)COC(=O)c1cncn1-c1ccc(F)cc1)c1ccc(F)cc1. The Kier molecular flexibility index (Phi) is 6.71.